The maximum absolute atomic E-state index is 14.5. The third-order valence-corrected chi connectivity index (χ3v) is 6.49. The number of halogens is 2. The van der Waals surface area contributed by atoms with E-state index in [4.69, 9.17) is 0 Å². The molecule has 30 heavy (non-hydrogen) atoms. The quantitative estimate of drug-likeness (QED) is 0.624. The Bertz CT molecular complexity index is 1270. The van der Waals surface area contributed by atoms with Crippen LogP contribution in [0.1, 0.15) is 24.0 Å². The van der Waals surface area contributed by atoms with Gasteiger partial charge in [0.25, 0.3) is 10.0 Å². The number of hydrogen-bond acceptors (Lipinski definition) is 3. The molecule has 0 radical (unpaired) electrons. The Kier molecular flexibility index (Phi) is 5.46. The van der Waals surface area contributed by atoms with Crippen molar-refractivity contribution in [3.63, 3.8) is 0 Å². The van der Waals surface area contributed by atoms with Crippen LogP contribution >= 0.6 is 0 Å². The van der Waals surface area contributed by atoms with Crippen LogP contribution in [0.2, 0.25) is 0 Å². The van der Waals surface area contributed by atoms with E-state index >= 15 is 0 Å². The first kappa shape index (κ1) is 20.3. The Morgan fingerprint density at radius 1 is 1.13 bits per heavy atom. The van der Waals surface area contributed by atoms with Gasteiger partial charge >= 0.3 is 0 Å². The summed E-state index contributed by atoms with van der Waals surface area (Å²) in [5.41, 5.74) is 1.41. The van der Waals surface area contributed by atoms with Gasteiger partial charge < -0.3 is 5.32 Å². The highest BCUT2D eigenvalue weighted by atomic mass is 32.2. The molecule has 1 saturated carbocycles. The maximum atomic E-state index is 14.5. The minimum absolute atomic E-state index is 0.00649. The van der Waals surface area contributed by atoms with Crippen molar-refractivity contribution >= 4 is 10.0 Å². The van der Waals surface area contributed by atoms with Crippen LogP contribution in [0.15, 0.2) is 59.6 Å². The molecule has 7 heteroatoms. The van der Waals surface area contributed by atoms with Crippen LogP contribution < -0.4 is 5.32 Å². The maximum Gasteiger partial charge on any atom is 0.268 e. The number of hydrogen-bond donors (Lipinski definition) is 1. The standard InChI is InChI=1S/C23H20F2N2O2S/c1-26-14-18-12-23(21-10-9-19(24)13-22(21)25)27(15-18)30(28,29)20-4-2-3-17(11-20)8-7-16-5-6-16/h2-4,9-13,15-16,26H,5-6,14H2,1H3. The zero-order chi connectivity index (χ0) is 21.3. The Labute approximate surface area is 174 Å². The van der Waals surface area contributed by atoms with E-state index in [9.17, 15) is 17.2 Å². The molecule has 0 spiro atoms. The van der Waals surface area contributed by atoms with Crippen LogP contribution in [0, 0.1) is 29.4 Å². The number of nitrogens with one attached hydrogen (secondary N) is 1. The van der Waals surface area contributed by atoms with E-state index in [-0.39, 0.29) is 16.2 Å². The molecule has 1 N–H and O–H groups in total. The summed E-state index contributed by atoms with van der Waals surface area (Å²) in [7, 11) is -2.30. The molecule has 0 atom stereocenters. The molecule has 0 amide bonds. The lowest BCUT2D eigenvalue weighted by Gasteiger charge is -2.12. The van der Waals surface area contributed by atoms with Gasteiger partial charge in [0.1, 0.15) is 11.6 Å². The lowest BCUT2D eigenvalue weighted by Crippen LogP contribution is -2.14. The van der Waals surface area contributed by atoms with Crippen molar-refractivity contribution in [2.75, 3.05) is 7.05 Å². The average molecular weight is 426 g/mol. The van der Waals surface area contributed by atoms with E-state index in [2.05, 4.69) is 17.2 Å². The molecule has 1 heterocycles. The van der Waals surface area contributed by atoms with Gasteiger partial charge in [-0.25, -0.2) is 21.2 Å². The van der Waals surface area contributed by atoms with Crippen molar-refractivity contribution < 1.29 is 17.2 Å². The van der Waals surface area contributed by atoms with E-state index < -0.39 is 21.7 Å². The smallest absolute Gasteiger partial charge is 0.268 e. The van der Waals surface area contributed by atoms with Crippen molar-refractivity contribution in [1.29, 1.82) is 0 Å². The summed E-state index contributed by atoms with van der Waals surface area (Å²) >= 11 is 0. The number of nitrogens with zero attached hydrogens (tertiary/aromatic N) is 1. The molecular formula is C23H20F2N2O2S. The van der Waals surface area contributed by atoms with Gasteiger partial charge in [-0.05, 0) is 61.9 Å². The van der Waals surface area contributed by atoms with Gasteiger partial charge in [-0.15, -0.1) is 0 Å². The van der Waals surface area contributed by atoms with Gasteiger partial charge in [-0.3, -0.25) is 0 Å². The molecule has 3 aromatic rings. The van der Waals surface area contributed by atoms with Gasteiger partial charge in [0.2, 0.25) is 0 Å². The summed E-state index contributed by atoms with van der Waals surface area (Å²) in [6.07, 6.45) is 3.61. The normalized spacial score (nSPS) is 13.7. The van der Waals surface area contributed by atoms with E-state index in [1.54, 1.807) is 25.2 Å². The molecule has 1 fully saturated rings. The molecule has 0 saturated heterocycles. The fraction of sp³-hybridized carbons (Fsp3) is 0.217. The van der Waals surface area contributed by atoms with E-state index in [1.165, 1.54) is 24.4 Å². The molecule has 1 aromatic heterocycles. The zero-order valence-electron chi connectivity index (χ0n) is 16.3. The van der Waals surface area contributed by atoms with Crippen LogP contribution in [-0.2, 0) is 16.6 Å². The minimum Gasteiger partial charge on any atom is -0.316 e. The SMILES string of the molecule is CNCc1cc(-c2ccc(F)cc2F)n(S(=O)(=O)c2cccc(C#CC3CC3)c2)c1. The summed E-state index contributed by atoms with van der Waals surface area (Å²) in [6, 6.07) is 11.1. The molecule has 1 aliphatic rings. The minimum atomic E-state index is -4.03. The van der Waals surface area contributed by atoms with Gasteiger partial charge in [0.05, 0.1) is 10.6 Å². The molecule has 4 rings (SSSR count). The first-order valence-corrected chi connectivity index (χ1v) is 11.0. The monoisotopic (exact) mass is 426 g/mol. The van der Waals surface area contributed by atoms with E-state index in [0.29, 0.717) is 23.6 Å². The highest BCUT2D eigenvalue weighted by Gasteiger charge is 2.24. The van der Waals surface area contributed by atoms with Crippen molar-refractivity contribution in [1.82, 2.24) is 9.29 Å². The summed E-state index contributed by atoms with van der Waals surface area (Å²) in [4.78, 5) is 0.0560. The number of aromatic nitrogens is 1. The predicted molar refractivity (Wildman–Crippen MR) is 111 cm³/mol. The zero-order valence-corrected chi connectivity index (χ0v) is 17.1. The third kappa shape index (κ3) is 4.16. The third-order valence-electron chi connectivity index (χ3n) is 4.82. The van der Waals surface area contributed by atoms with Crippen LogP contribution in [-0.4, -0.2) is 19.4 Å². The summed E-state index contributed by atoms with van der Waals surface area (Å²) < 4.78 is 55.7. The van der Waals surface area contributed by atoms with Crippen molar-refractivity contribution in [2.24, 2.45) is 5.92 Å². The fourth-order valence-electron chi connectivity index (χ4n) is 3.15. The van der Waals surface area contributed by atoms with Gasteiger partial charge in [0, 0.05) is 35.9 Å². The molecule has 0 bridgehead atoms. The second-order valence-corrected chi connectivity index (χ2v) is 9.08. The predicted octanol–water partition coefficient (Wildman–Crippen LogP) is 4.15. The molecule has 1 aliphatic carbocycles. The summed E-state index contributed by atoms with van der Waals surface area (Å²) in [6.45, 7) is 0.394. The van der Waals surface area contributed by atoms with Crippen LogP contribution in [0.4, 0.5) is 8.78 Å². The number of rotatable bonds is 5. The molecule has 2 aromatic carbocycles. The van der Waals surface area contributed by atoms with E-state index in [1.807, 2.05) is 0 Å². The Balaban J connectivity index is 1.82. The lowest BCUT2D eigenvalue weighted by molar-refractivity contribution is 0.583. The first-order valence-electron chi connectivity index (χ1n) is 9.57. The second-order valence-electron chi connectivity index (χ2n) is 7.26. The highest BCUT2D eigenvalue weighted by Crippen LogP contribution is 2.30. The van der Waals surface area contributed by atoms with Crippen molar-refractivity contribution in [3.05, 3.63) is 77.5 Å². The molecular weight excluding hydrogens is 406 g/mol. The second kappa shape index (κ2) is 8.05. The molecule has 154 valence electrons. The van der Waals surface area contributed by atoms with Crippen LogP contribution in [0.3, 0.4) is 0 Å². The van der Waals surface area contributed by atoms with Gasteiger partial charge in [-0.1, -0.05) is 17.9 Å². The Hall–Kier alpha value is -2.95. The molecule has 0 unspecified atom stereocenters. The Morgan fingerprint density at radius 2 is 1.93 bits per heavy atom. The first-order chi connectivity index (χ1) is 14.4. The molecule has 0 aliphatic heterocycles. The highest BCUT2D eigenvalue weighted by molar-refractivity contribution is 7.90. The fourth-order valence-corrected chi connectivity index (χ4v) is 4.59. The average Bonchev–Trinajstić information content (AvgIpc) is 3.45. The topological polar surface area (TPSA) is 51.1 Å². The Morgan fingerprint density at radius 3 is 2.63 bits per heavy atom. The van der Waals surface area contributed by atoms with Gasteiger partial charge in [-0.2, -0.15) is 0 Å². The lowest BCUT2D eigenvalue weighted by atomic mass is 10.1. The van der Waals surface area contributed by atoms with Crippen molar-refractivity contribution in [2.45, 2.75) is 24.3 Å². The summed E-state index contributed by atoms with van der Waals surface area (Å²) in [5, 5.41) is 2.95. The van der Waals surface area contributed by atoms with Crippen LogP contribution in [0.5, 0.6) is 0 Å². The number of benzene rings is 2. The summed E-state index contributed by atoms with van der Waals surface area (Å²) in [5.74, 6) is 4.98. The van der Waals surface area contributed by atoms with Crippen molar-refractivity contribution in [3.8, 4) is 23.1 Å². The van der Waals surface area contributed by atoms with Crippen LogP contribution in [0.25, 0.3) is 11.3 Å². The van der Waals surface area contributed by atoms with Gasteiger partial charge in [0.15, 0.2) is 0 Å². The van der Waals surface area contributed by atoms with E-state index in [0.717, 1.165) is 28.9 Å². The largest absolute Gasteiger partial charge is 0.316 e. The molecule has 4 nitrogen and oxygen atoms in total.